The van der Waals surface area contributed by atoms with Gasteiger partial charge in [-0.05, 0) is 29.8 Å². The van der Waals surface area contributed by atoms with Crippen molar-refractivity contribution in [3.05, 3.63) is 96.7 Å². The summed E-state index contributed by atoms with van der Waals surface area (Å²) >= 11 is 0. The first-order chi connectivity index (χ1) is 14.5. The Kier molecular flexibility index (Phi) is 5.49. The minimum Gasteiger partial charge on any atom is -0.291 e. The Morgan fingerprint density at radius 3 is 2.53 bits per heavy atom. The van der Waals surface area contributed by atoms with Crippen molar-refractivity contribution in [1.82, 2.24) is 19.7 Å². The van der Waals surface area contributed by atoms with Crippen molar-refractivity contribution in [2.24, 2.45) is 0 Å². The van der Waals surface area contributed by atoms with Crippen LogP contribution in [0.2, 0.25) is 0 Å². The third-order valence-corrected chi connectivity index (χ3v) is 5.88. The minimum atomic E-state index is -3.60. The lowest BCUT2D eigenvalue weighted by molar-refractivity contribution is 0.101. The first-order valence-corrected chi connectivity index (χ1v) is 11.0. The lowest BCUT2D eigenvalue weighted by atomic mass is 10.2. The molecular formula is C22H18N4O3S. The van der Waals surface area contributed by atoms with Crippen LogP contribution in [0.3, 0.4) is 0 Å². The topological polar surface area (TPSA) is 94.8 Å². The number of hydrogen-bond acceptors (Lipinski definition) is 6. The lowest BCUT2D eigenvalue weighted by Gasteiger charge is -2.05. The number of nitrogens with zero attached hydrogens (tertiary/aromatic N) is 4. The third-order valence-electron chi connectivity index (χ3n) is 4.40. The molecule has 0 atom stereocenters. The van der Waals surface area contributed by atoms with Crippen molar-refractivity contribution in [3.63, 3.8) is 0 Å². The number of carbonyl (C=O) groups excluding carboxylic acids is 1. The Morgan fingerprint density at radius 1 is 0.933 bits per heavy atom. The Hall–Kier alpha value is -3.65. The molecule has 0 fully saturated rings. The zero-order valence-corrected chi connectivity index (χ0v) is 16.7. The fourth-order valence-electron chi connectivity index (χ4n) is 2.99. The van der Waals surface area contributed by atoms with E-state index in [1.54, 1.807) is 65.9 Å². The van der Waals surface area contributed by atoms with Crippen LogP contribution in [0.5, 0.6) is 0 Å². The maximum absolute atomic E-state index is 12.6. The minimum absolute atomic E-state index is 0.110. The zero-order valence-electron chi connectivity index (χ0n) is 15.9. The van der Waals surface area contributed by atoms with E-state index in [1.807, 2.05) is 18.2 Å². The maximum Gasteiger partial charge on any atom is 0.196 e. The summed E-state index contributed by atoms with van der Waals surface area (Å²) in [5, 5.41) is 4.30. The number of benzene rings is 1. The standard InChI is InChI=1S/C22H18N4O3S/c27-22(16-30(28,29)15-17-6-2-1-3-7-17)21-10-4-9-20(25-21)18-12-24-26(14-18)19-8-5-11-23-13-19/h1-14H,15-16H2. The quantitative estimate of drug-likeness (QED) is 0.428. The Bertz CT molecular complexity index is 1270. The molecule has 8 heteroatoms. The molecule has 0 amide bonds. The van der Waals surface area contributed by atoms with E-state index in [0.717, 1.165) is 5.69 Å². The highest BCUT2D eigenvalue weighted by Crippen LogP contribution is 2.19. The number of Topliss-reactive ketones (excluding diaryl/α,β-unsaturated/α-hetero) is 1. The van der Waals surface area contributed by atoms with E-state index in [9.17, 15) is 13.2 Å². The van der Waals surface area contributed by atoms with Crippen molar-refractivity contribution in [3.8, 4) is 16.9 Å². The molecule has 150 valence electrons. The Labute approximate surface area is 174 Å². The molecule has 0 spiro atoms. The Morgan fingerprint density at radius 2 is 1.77 bits per heavy atom. The highest BCUT2D eigenvalue weighted by Gasteiger charge is 2.20. The molecule has 3 heterocycles. The van der Waals surface area contributed by atoms with Crippen LogP contribution in [0.15, 0.2) is 85.5 Å². The second kappa shape index (κ2) is 8.38. The van der Waals surface area contributed by atoms with Crippen molar-refractivity contribution in [1.29, 1.82) is 0 Å². The molecule has 3 aromatic heterocycles. The molecule has 0 radical (unpaired) electrons. The molecule has 0 bridgehead atoms. The van der Waals surface area contributed by atoms with Crippen molar-refractivity contribution >= 4 is 15.6 Å². The highest BCUT2D eigenvalue weighted by molar-refractivity contribution is 7.91. The fraction of sp³-hybridized carbons (Fsp3) is 0.0909. The average Bonchev–Trinajstić information content (AvgIpc) is 3.25. The number of pyridine rings is 2. The van der Waals surface area contributed by atoms with Gasteiger partial charge in [0, 0.05) is 18.0 Å². The van der Waals surface area contributed by atoms with Gasteiger partial charge in [0.1, 0.15) is 11.4 Å². The summed E-state index contributed by atoms with van der Waals surface area (Å²) in [6.45, 7) is 0. The van der Waals surface area contributed by atoms with Gasteiger partial charge in [-0.1, -0.05) is 36.4 Å². The maximum atomic E-state index is 12.6. The van der Waals surface area contributed by atoms with Crippen LogP contribution in [-0.4, -0.2) is 39.7 Å². The van der Waals surface area contributed by atoms with Gasteiger partial charge in [0.15, 0.2) is 15.6 Å². The van der Waals surface area contributed by atoms with Crippen LogP contribution in [-0.2, 0) is 15.6 Å². The summed E-state index contributed by atoms with van der Waals surface area (Å²) < 4.78 is 26.5. The molecule has 0 aliphatic rings. The van der Waals surface area contributed by atoms with Crippen molar-refractivity contribution in [2.75, 3.05) is 5.75 Å². The van der Waals surface area contributed by atoms with Gasteiger partial charge in [-0.3, -0.25) is 9.78 Å². The van der Waals surface area contributed by atoms with Gasteiger partial charge >= 0.3 is 0 Å². The summed E-state index contributed by atoms with van der Waals surface area (Å²) in [7, 11) is -3.60. The predicted octanol–water partition coefficient (Wildman–Crippen LogP) is 3.13. The number of ketones is 1. The summed E-state index contributed by atoms with van der Waals surface area (Å²) in [4.78, 5) is 21.0. The molecule has 1 aromatic carbocycles. The molecule has 0 saturated carbocycles. The summed E-state index contributed by atoms with van der Waals surface area (Å²) in [6.07, 6.45) is 6.77. The highest BCUT2D eigenvalue weighted by atomic mass is 32.2. The van der Waals surface area contributed by atoms with Crippen LogP contribution < -0.4 is 0 Å². The number of carbonyl (C=O) groups is 1. The second-order valence-electron chi connectivity index (χ2n) is 6.73. The van der Waals surface area contributed by atoms with Crippen LogP contribution in [0.1, 0.15) is 16.1 Å². The van der Waals surface area contributed by atoms with E-state index < -0.39 is 21.4 Å². The third kappa shape index (κ3) is 4.66. The molecule has 0 aliphatic carbocycles. The van der Waals surface area contributed by atoms with Gasteiger partial charge in [-0.2, -0.15) is 5.10 Å². The predicted molar refractivity (Wildman–Crippen MR) is 113 cm³/mol. The van der Waals surface area contributed by atoms with Crippen LogP contribution in [0.4, 0.5) is 0 Å². The van der Waals surface area contributed by atoms with Crippen molar-refractivity contribution < 1.29 is 13.2 Å². The summed E-state index contributed by atoms with van der Waals surface area (Å²) in [6, 6.07) is 17.4. The van der Waals surface area contributed by atoms with E-state index in [4.69, 9.17) is 0 Å². The monoisotopic (exact) mass is 418 g/mol. The lowest BCUT2D eigenvalue weighted by Crippen LogP contribution is -2.19. The molecular weight excluding hydrogens is 400 g/mol. The van der Waals surface area contributed by atoms with Crippen LogP contribution in [0.25, 0.3) is 16.9 Å². The molecule has 30 heavy (non-hydrogen) atoms. The smallest absolute Gasteiger partial charge is 0.196 e. The average molecular weight is 418 g/mol. The van der Waals surface area contributed by atoms with E-state index >= 15 is 0 Å². The van der Waals surface area contributed by atoms with E-state index in [2.05, 4.69) is 15.1 Å². The molecule has 0 saturated heterocycles. The molecule has 0 unspecified atom stereocenters. The molecule has 4 aromatic rings. The normalized spacial score (nSPS) is 11.3. The second-order valence-corrected chi connectivity index (χ2v) is 8.80. The molecule has 4 rings (SSSR count). The van der Waals surface area contributed by atoms with Gasteiger partial charge < -0.3 is 0 Å². The van der Waals surface area contributed by atoms with Gasteiger partial charge in [-0.25, -0.2) is 18.1 Å². The van der Waals surface area contributed by atoms with Gasteiger partial charge in [0.05, 0.1) is 29.5 Å². The molecule has 0 aliphatic heterocycles. The summed E-state index contributed by atoms with van der Waals surface area (Å²) in [5.74, 6) is -1.31. The summed E-state index contributed by atoms with van der Waals surface area (Å²) in [5.41, 5.74) is 2.80. The van der Waals surface area contributed by atoms with Gasteiger partial charge in [-0.15, -0.1) is 0 Å². The first-order valence-electron chi connectivity index (χ1n) is 9.20. The largest absolute Gasteiger partial charge is 0.291 e. The molecule has 7 nitrogen and oxygen atoms in total. The fourth-order valence-corrected chi connectivity index (χ4v) is 4.34. The number of sulfone groups is 1. The van der Waals surface area contributed by atoms with Crippen LogP contribution in [0, 0.1) is 0 Å². The van der Waals surface area contributed by atoms with Crippen molar-refractivity contribution in [2.45, 2.75) is 5.75 Å². The van der Waals surface area contributed by atoms with E-state index in [1.165, 1.54) is 6.07 Å². The van der Waals surface area contributed by atoms with Crippen LogP contribution >= 0.6 is 0 Å². The number of aromatic nitrogens is 4. The number of rotatable bonds is 7. The zero-order chi connectivity index (χ0) is 21.0. The van der Waals surface area contributed by atoms with E-state index in [-0.39, 0.29) is 11.4 Å². The number of hydrogen-bond donors (Lipinski definition) is 0. The van der Waals surface area contributed by atoms with E-state index in [0.29, 0.717) is 16.8 Å². The molecule has 0 N–H and O–H groups in total. The first kappa shape index (κ1) is 19.7. The van der Waals surface area contributed by atoms with Gasteiger partial charge in [0.2, 0.25) is 0 Å². The van der Waals surface area contributed by atoms with Gasteiger partial charge in [0.25, 0.3) is 0 Å². The Balaban J connectivity index is 1.52. The SMILES string of the molecule is O=C(CS(=O)(=O)Cc1ccccc1)c1cccc(-c2cnn(-c3cccnc3)c2)n1.